The number of benzene rings is 1. The molecule has 3 nitrogen and oxygen atoms in total. The molecule has 5 heteroatoms. The van der Waals surface area contributed by atoms with Crippen molar-refractivity contribution in [1.29, 1.82) is 0 Å². The lowest BCUT2D eigenvalue weighted by atomic mass is 10.1. The molecule has 0 radical (unpaired) electrons. The number of rotatable bonds is 2. The van der Waals surface area contributed by atoms with E-state index in [-0.39, 0.29) is 0 Å². The normalized spacial score (nSPS) is 10.6. The summed E-state index contributed by atoms with van der Waals surface area (Å²) in [4.78, 5) is 0. The van der Waals surface area contributed by atoms with Crippen LogP contribution in [0.2, 0.25) is 0 Å². The van der Waals surface area contributed by atoms with Crippen LogP contribution < -0.4 is 5.73 Å². The first-order valence-electron chi connectivity index (χ1n) is 4.32. The van der Waals surface area contributed by atoms with Gasteiger partial charge in [-0.1, -0.05) is 17.3 Å². The van der Waals surface area contributed by atoms with Crippen molar-refractivity contribution >= 4 is 31.9 Å². The Balaban J connectivity index is 2.49. The van der Waals surface area contributed by atoms with Gasteiger partial charge in [0.05, 0.1) is 6.54 Å². The van der Waals surface area contributed by atoms with E-state index in [4.69, 9.17) is 10.3 Å². The Morgan fingerprint density at radius 2 is 2.13 bits per heavy atom. The minimum Gasteiger partial charge on any atom is -0.359 e. The summed E-state index contributed by atoms with van der Waals surface area (Å²) >= 11 is 6.93. The molecule has 2 N–H and O–H groups in total. The molecule has 1 aromatic carbocycles. The molecule has 0 aliphatic carbocycles. The molecule has 0 saturated heterocycles. The van der Waals surface area contributed by atoms with Crippen LogP contribution in [-0.4, -0.2) is 5.16 Å². The van der Waals surface area contributed by atoms with Crippen molar-refractivity contribution in [2.75, 3.05) is 0 Å². The molecule has 0 saturated carbocycles. The Kier molecular flexibility index (Phi) is 3.23. The van der Waals surface area contributed by atoms with E-state index in [1.165, 1.54) is 0 Å². The topological polar surface area (TPSA) is 52.0 Å². The van der Waals surface area contributed by atoms with Gasteiger partial charge in [-0.3, -0.25) is 0 Å². The van der Waals surface area contributed by atoms with Gasteiger partial charge in [-0.05, 0) is 37.9 Å². The third-order valence-corrected chi connectivity index (χ3v) is 4.03. The van der Waals surface area contributed by atoms with E-state index < -0.39 is 0 Å². The summed E-state index contributed by atoms with van der Waals surface area (Å²) in [7, 11) is 0. The van der Waals surface area contributed by atoms with Gasteiger partial charge >= 0.3 is 0 Å². The van der Waals surface area contributed by atoms with Gasteiger partial charge in [0.25, 0.3) is 0 Å². The molecular weight excluding hydrogens is 324 g/mol. The number of hydrogen-bond acceptors (Lipinski definition) is 3. The van der Waals surface area contributed by atoms with E-state index in [0.717, 1.165) is 20.2 Å². The van der Waals surface area contributed by atoms with Crippen molar-refractivity contribution in [3.63, 3.8) is 0 Å². The van der Waals surface area contributed by atoms with E-state index in [0.29, 0.717) is 12.3 Å². The van der Waals surface area contributed by atoms with Gasteiger partial charge in [0.1, 0.15) is 5.69 Å². The van der Waals surface area contributed by atoms with Gasteiger partial charge < -0.3 is 10.3 Å². The van der Waals surface area contributed by atoms with E-state index in [9.17, 15) is 0 Å². The predicted molar refractivity (Wildman–Crippen MR) is 65.2 cm³/mol. The van der Waals surface area contributed by atoms with Crippen LogP contribution in [0.25, 0.3) is 11.3 Å². The molecule has 0 aliphatic heterocycles. The van der Waals surface area contributed by atoms with Crippen LogP contribution in [0.1, 0.15) is 5.76 Å². The average molecular weight is 332 g/mol. The van der Waals surface area contributed by atoms with Crippen molar-refractivity contribution < 1.29 is 4.52 Å². The molecule has 1 aromatic heterocycles. The maximum Gasteiger partial charge on any atom is 0.150 e. The number of halogens is 2. The average Bonchev–Trinajstić information content (AvgIpc) is 2.70. The first-order valence-corrected chi connectivity index (χ1v) is 5.91. The van der Waals surface area contributed by atoms with E-state index in [1.54, 1.807) is 0 Å². The lowest BCUT2D eigenvalue weighted by Crippen LogP contribution is -1.92. The second-order valence-electron chi connectivity index (χ2n) is 2.98. The molecular formula is C10H8Br2N2O. The number of nitrogens with two attached hydrogens (primary N) is 1. The zero-order valence-electron chi connectivity index (χ0n) is 7.71. The quantitative estimate of drug-likeness (QED) is 0.918. The third-order valence-electron chi connectivity index (χ3n) is 1.99. The van der Waals surface area contributed by atoms with Crippen molar-refractivity contribution in [1.82, 2.24) is 5.16 Å². The highest BCUT2D eigenvalue weighted by atomic mass is 79.9. The molecule has 15 heavy (non-hydrogen) atoms. The molecule has 2 rings (SSSR count). The molecule has 1 heterocycles. The summed E-state index contributed by atoms with van der Waals surface area (Å²) in [5.41, 5.74) is 7.22. The highest BCUT2D eigenvalue weighted by Crippen LogP contribution is 2.33. The van der Waals surface area contributed by atoms with Crippen molar-refractivity contribution in [2.24, 2.45) is 5.73 Å². The maximum absolute atomic E-state index is 5.45. The van der Waals surface area contributed by atoms with E-state index in [2.05, 4.69) is 37.0 Å². The summed E-state index contributed by atoms with van der Waals surface area (Å²) in [6.45, 7) is 0.360. The monoisotopic (exact) mass is 330 g/mol. The Hall–Kier alpha value is -0.650. The lowest BCUT2D eigenvalue weighted by molar-refractivity contribution is 0.387. The van der Waals surface area contributed by atoms with Gasteiger partial charge in [0.2, 0.25) is 0 Å². The first kappa shape index (κ1) is 10.9. The summed E-state index contributed by atoms with van der Waals surface area (Å²) < 4.78 is 7.00. The van der Waals surface area contributed by atoms with Gasteiger partial charge in [0.15, 0.2) is 5.76 Å². The molecule has 0 bridgehead atoms. The third kappa shape index (κ3) is 2.14. The molecule has 0 spiro atoms. The zero-order chi connectivity index (χ0) is 10.8. The Morgan fingerprint density at radius 1 is 1.33 bits per heavy atom. The van der Waals surface area contributed by atoms with Gasteiger partial charge in [-0.15, -0.1) is 0 Å². The fourth-order valence-corrected chi connectivity index (χ4v) is 2.07. The second kappa shape index (κ2) is 4.47. The smallest absolute Gasteiger partial charge is 0.150 e. The highest BCUT2D eigenvalue weighted by Gasteiger charge is 2.10. The molecule has 0 fully saturated rings. The number of aromatic nitrogens is 1. The Bertz CT molecular complexity index is 482. The van der Waals surface area contributed by atoms with Crippen LogP contribution in [0.3, 0.4) is 0 Å². The van der Waals surface area contributed by atoms with Crippen LogP contribution in [0.5, 0.6) is 0 Å². The Labute approximate surface area is 104 Å². The summed E-state index contributed by atoms with van der Waals surface area (Å²) in [6.07, 6.45) is 0. The summed E-state index contributed by atoms with van der Waals surface area (Å²) in [6, 6.07) is 7.71. The maximum atomic E-state index is 5.45. The number of nitrogens with zero attached hydrogens (tertiary/aromatic N) is 1. The SMILES string of the molecule is NCc1cc(-c2cccc(Br)c2Br)no1. The zero-order valence-corrected chi connectivity index (χ0v) is 10.9. The lowest BCUT2D eigenvalue weighted by Gasteiger charge is -2.01. The largest absolute Gasteiger partial charge is 0.359 e. The predicted octanol–water partition coefficient (Wildman–Crippen LogP) is 3.33. The van der Waals surface area contributed by atoms with E-state index in [1.807, 2.05) is 24.3 Å². The standard InChI is InChI=1S/C10H8Br2N2O/c11-8-3-1-2-7(10(8)12)9-4-6(5-13)15-14-9/h1-4H,5,13H2. The van der Waals surface area contributed by atoms with E-state index >= 15 is 0 Å². The fraction of sp³-hybridized carbons (Fsp3) is 0.100. The van der Waals surface area contributed by atoms with Crippen LogP contribution in [0, 0.1) is 0 Å². The van der Waals surface area contributed by atoms with Crippen LogP contribution in [-0.2, 0) is 6.54 Å². The first-order chi connectivity index (χ1) is 7.22. The molecule has 78 valence electrons. The fourth-order valence-electron chi connectivity index (χ4n) is 1.24. The van der Waals surface area contributed by atoms with Crippen molar-refractivity contribution in [3.05, 3.63) is 39.0 Å². The molecule has 0 aliphatic rings. The summed E-state index contributed by atoms with van der Waals surface area (Å²) in [5.74, 6) is 0.678. The van der Waals surface area contributed by atoms with Crippen molar-refractivity contribution in [3.8, 4) is 11.3 Å². The molecule has 2 aromatic rings. The van der Waals surface area contributed by atoms with Gasteiger partial charge in [0, 0.05) is 20.6 Å². The van der Waals surface area contributed by atoms with Gasteiger partial charge in [-0.2, -0.15) is 0 Å². The van der Waals surface area contributed by atoms with Gasteiger partial charge in [-0.25, -0.2) is 0 Å². The minimum atomic E-state index is 0.360. The van der Waals surface area contributed by atoms with Crippen LogP contribution in [0.15, 0.2) is 37.7 Å². The molecule has 0 unspecified atom stereocenters. The van der Waals surface area contributed by atoms with Crippen LogP contribution >= 0.6 is 31.9 Å². The molecule has 0 amide bonds. The Morgan fingerprint density at radius 3 is 2.80 bits per heavy atom. The highest BCUT2D eigenvalue weighted by molar-refractivity contribution is 9.13. The number of hydrogen-bond donors (Lipinski definition) is 1. The minimum absolute atomic E-state index is 0.360. The van der Waals surface area contributed by atoms with Crippen molar-refractivity contribution in [2.45, 2.75) is 6.54 Å². The summed E-state index contributed by atoms with van der Waals surface area (Å²) in [5, 5.41) is 3.95. The molecule has 0 atom stereocenters. The second-order valence-corrected chi connectivity index (χ2v) is 4.63. The van der Waals surface area contributed by atoms with Crippen LogP contribution in [0.4, 0.5) is 0 Å².